The molecular formula is C21H25FN2O4S. The number of amides is 1. The van der Waals surface area contributed by atoms with Crippen LogP contribution < -0.4 is 14.8 Å². The molecular weight excluding hydrogens is 395 g/mol. The molecule has 2 aromatic rings. The molecule has 2 aromatic carbocycles. The highest BCUT2D eigenvalue weighted by Gasteiger charge is 2.22. The van der Waals surface area contributed by atoms with E-state index in [9.17, 15) is 17.6 Å². The first-order chi connectivity index (χ1) is 13.8. The van der Waals surface area contributed by atoms with Crippen molar-refractivity contribution in [2.24, 2.45) is 0 Å². The molecule has 0 radical (unpaired) electrons. The molecule has 156 valence electrons. The Kier molecular flexibility index (Phi) is 6.87. The number of ether oxygens (including phenoxy) is 1. The summed E-state index contributed by atoms with van der Waals surface area (Å²) in [7, 11) is -3.55. The Balaban J connectivity index is 1.50. The highest BCUT2D eigenvalue weighted by molar-refractivity contribution is 7.89. The van der Waals surface area contributed by atoms with Crippen LogP contribution in [0.2, 0.25) is 0 Å². The normalized spacial score (nSPS) is 15.8. The second kappa shape index (κ2) is 9.37. The van der Waals surface area contributed by atoms with Gasteiger partial charge in [0.25, 0.3) is 5.91 Å². The molecule has 1 fully saturated rings. The fourth-order valence-corrected chi connectivity index (χ4v) is 4.62. The van der Waals surface area contributed by atoms with Crippen molar-refractivity contribution >= 4 is 15.9 Å². The molecule has 1 atom stereocenters. The van der Waals surface area contributed by atoms with Gasteiger partial charge in [0.15, 0.2) is 6.61 Å². The lowest BCUT2D eigenvalue weighted by Gasteiger charge is -2.15. The number of hydrogen-bond donors (Lipinski definition) is 2. The second-order valence-corrected chi connectivity index (χ2v) is 8.92. The smallest absolute Gasteiger partial charge is 0.258 e. The Morgan fingerprint density at radius 2 is 1.72 bits per heavy atom. The zero-order chi connectivity index (χ0) is 20.9. The fourth-order valence-electron chi connectivity index (χ4n) is 3.31. The van der Waals surface area contributed by atoms with Crippen molar-refractivity contribution in [2.75, 3.05) is 6.61 Å². The van der Waals surface area contributed by atoms with E-state index >= 15 is 0 Å². The third-order valence-electron chi connectivity index (χ3n) is 4.93. The first-order valence-electron chi connectivity index (χ1n) is 9.63. The first kappa shape index (κ1) is 21.3. The van der Waals surface area contributed by atoms with Crippen molar-refractivity contribution < 1.29 is 22.3 Å². The minimum atomic E-state index is -3.55. The molecule has 0 heterocycles. The number of hydrogen-bond acceptors (Lipinski definition) is 4. The van der Waals surface area contributed by atoms with Gasteiger partial charge in [-0.05, 0) is 61.7 Å². The van der Waals surface area contributed by atoms with Gasteiger partial charge in [-0.1, -0.05) is 25.0 Å². The molecule has 0 spiro atoms. The molecule has 2 N–H and O–H groups in total. The minimum absolute atomic E-state index is 0.00252. The van der Waals surface area contributed by atoms with E-state index in [-0.39, 0.29) is 35.3 Å². The van der Waals surface area contributed by atoms with Gasteiger partial charge in [-0.25, -0.2) is 17.5 Å². The van der Waals surface area contributed by atoms with Crippen molar-refractivity contribution in [3.8, 4) is 5.75 Å². The third-order valence-corrected chi connectivity index (χ3v) is 6.46. The Labute approximate surface area is 170 Å². The molecule has 3 rings (SSSR count). The second-order valence-electron chi connectivity index (χ2n) is 7.20. The van der Waals surface area contributed by atoms with E-state index in [0.717, 1.165) is 31.2 Å². The van der Waals surface area contributed by atoms with Crippen molar-refractivity contribution in [1.82, 2.24) is 10.0 Å². The summed E-state index contributed by atoms with van der Waals surface area (Å²) >= 11 is 0. The van der Waals surface area contributed by atoms with Crippen LogP contribution in [0.15, 0.2) is 53.4 Å². The van der Waals surface area contributed by atoms with Crippen molar-refractivity contribution in [3.63, 3.8) is 0 Å². The predicted molar refractivity (Wildman–Crippen MR) is 107 cm³/mol. The van der Waals surface area contributed by atoms with Gasteiger partial charge in [0.05, 0.1) is 10.9 Å². The molecule has 1 aliphatic carbocycles. The number of carbonyl (C=O) groups excluding carboxylic acids is 1. The summed E-state index contributed by atoms with van der Waals surface area (Å²) in [5.74, 6) is -0.268. The number of nitrogens with one attached hydrogen (secondary N) is 2. The highest BCUT2D eigenvalue weighted by atomic mass is 32.2. The third kappa shape index (κ3) is 6.01. The van der Waals surface area contributed by atoms with Crippen molar-refractivity contribution in [1.29, 1.82) is 0 Å². The molecule has 0 aromatic heterocycles. The van der Waals surface area contributed by atoms with Crippen LogP contribution in [0.1, 0.15) is 44.2 Å². The number of sulfonamides is 1. The Morgan fingerprint density at radius 3 is 2.34 bits per heavy atom. The molecule has 1 amide bonds. The van der Waals surface area contributed by atoms with Crippen LogP contribution >= 0.6 is 0 Å². The number of carbonyl (C=O) groups is 1. The maximum Gasteiger partial charge on any atom is 0.258 e. The molecule has 1 saturated carbocycles. The van der Waals surface area contributed by atoms with Crippen LogP contribution in [0.4, 0.5) is 4.39 Å². The summed E-state index contributed by atoms with van der Waals surface area (Å²) in [6.45, 7) is 1.58. The Hall–Kier alpha value is -2.45. The molecule has 0 aliphatic heterocycles. The van der Waals surface area contributed by atoms with E-state index in [1.807, 2.05) is 0 Å². The van der Waals surface area contributed by atoms with Gasteiger partial charge >= 0.3 is 0 Å². The summed E-state index contributed by atoms with van der Waals surface area (Å²) in [5.41, 5.74) is 0.782. The van der Waals surface area contributed by atoms with Crippen LogP contribution in [-0.4, -0.2) is 27.0 Å². The Morgan fingerprint density at radius 1 is 1.10 bits per heavy atom. The SMILES string of the molecule is C[C@H](NC(=O)COc1ccc(S(=O)(=O)NC2CCCC2)cc1)c1ccc(F)cc1. The number of benzene rings is 2. The Bertz CT molecular complexity index is 924. The molecule has 0 unspecified atom stereocenters. The maximum absolute atomic E-state index is 13.0. The van der Waals surface area contributed by atoms with E-state index in [0.29, 0.717) is 5.75 Å². The van der Waals surface area contributed by atoms with E-state index in [1.165, 1.54) is 36.4 Å². The first-order valence-corrected chi connectivity index (χ1v) is 11.1. The molecule has 29 heavy (non-hydrogen) atoms. The summed E-state index contributed by atoms with van der Waals surface area (Å²) in [6, 6.07) is 11.6. The van der Waals surface area contributed by atoms with Gasteiger partial charge in [0.2, 0.25) is 10.0 Å². The molecule has 8 heteroatoms. The van der Waals surface area contributed by atoms with E-state index in [2.05, 4.69) is 10.0 Å². The van der Waals surface area contributed by atoms with Crippen molar-refractivity contribution in [2.45, 2.75) is 49.6 Å². The zero-order valence-electron chi connectivity index (χ0n) is 16.2. The lowest BCUT2D eigenvalue weighted by atomic mass is 10.1. The topological polar surface area (TPSA) is 84.5 Å². The van der Waals surface area contributed by atoms with Crippen LogP contribution in [0.25, 0.3) is 0 Å². The highest BCUT2D eigenvalue weighted by Crippen LogP contribution is 2.21. The molecule has 1 aliphatic rings. The van der Waals surface area contributed by atoms with Gasteiger partial charge in [-0.2, -0.15) is 0 Å². The zero-order valence-corrected chi connectivity index (χ0v) is 17.0. The van der Waals surface area contributed by atoms with E-state index < -0.39 is 10.0 Å². The fraction of sp³-hybridized carbons (Fsp3) is 0.381. The standard InChI is InChI=1S/C21H25FN2O4S/c1-15(16-6-8-17(22)9-7-16)23-21(25)14-28-19-10-12-20(13-11-19)29(26,27)24-18-4-2-3-5-18/h6-13,15,18,24H,2-5,14H2,1H3,(H,23,25)/t15-/m0/s1. The predicted octanol–water partition coefficient (Wildman–Crippen LogP) is 3.30. The summed E-state index contributed by atoms with van der Waals surface area (Å²) in [5, 5.41) is 2.77. The molecule has 6 nitrogen and oxygen atoms in total. The average molecular weight is 421 g/mol. The average Bonchev–Trinajstić information content (AvgIpc) is 3.19. The van der Waals surface area contributed by atoms with Crippen LogP contribution in [0.5, 0.6) is 5.75 Å². The quantitative estimate of drug-likeness (QED) is 0.686. The van der Waals surface area contributed by atoms with Gasteiger partial charge in [0.1, 0.15) is 11.6 Å². The molecule has 0 bridgehead atoms. The minimum Gasteiger partial charge on any atom is -0.484 e. The summed E-state index contributed by atoms with van der Waals surface area (Å²) in [4.78, 5) is 12.2. The van der Waals surface area contributed by atoms with Crippen LogP contribution in [0.3, 0.4) is 0 Å². The number of rotatable bonds is 8. The molecule has 0 saturated heterocycles. The summed E-state index contributed by atoms with van der Waals surface area (Å²) in [6.07, 6.45) is 3.82. The lowest BCUT2D eigenvalue weighted by Crippen LogP contribution is -2.32. The number of halogens is 1. The van der Waals surface area contributed by atoms with Crippen LogP contribution in [-0.2, 0) is 14.8 Å². The van der Waals surface area contributed by atoms with Crippen LogP contribution in [0, 0.1) is 5.82 Å². The summed E-state index contributed by atoms with van der Waals surface area (Å²) < 4.78 is 45.9. The monoisotopic (exact) mass is 420 g/mol. The van der Waals surface area contributed by atoms with Gasteiger partial charge in [0, 0.05) is 6.04 Å². The van der Waals surface area contributed by atoms with E-state index in [4.69, 9.17) is 4.74 Å². The largest absolute Gasteiger partial charge is 0.484 e. The maximum atomic E-state index is 13.0. The lowest BCUT2D eigenvalue weighted by molar-refractivity contribution is -0.123. The van der Waals surface area contributed by atoms with Gasteiger partial charge < -0.3 is 10.1 Å². The van der Waals surface area contributed by atoms with Gasteiger partial charge in [-0.15, -0.1) is 0 Å². The van der Waals surface area contributed by atoms with Gasteiger partial charge in [-0.3, -0.25) is 4.79 Å². The van der Waals surface area contributed by atoms with Crippen molar-refractivity contribution in [3.05, 3.63) is 59.9 Å². The van der Waals surface area contributed by atoms with E-state index in [1.54, 1.807) is 19.1 Å².